The second-order valence-corrected chi connectivity index (χ2v) is 13.5. The van der Waals surface area contributed by atoms with Crippen LogP contribution in [0.1, 0.15) is 63.0 Å². The number of benzene rings is 1. The number of ether oxygens (including phenoxy) is 1. The first-order valence-corrected chi connectivity index (χ1v) is 15.8. The van der Waals surface area contributed by atoms with Crippen molar-refractivity contribution in [2.24, 2.45) is 11.8 Å². The molecular weight excluding hydrogens is 548 g/mol. The summed E-state index contributed by atoms with van der Waals surface area (Å²) in [5.41, 5.74) is 1.45. The normalized spacial score (nSPS) is 21.4. The molecule has 1 aliphatic heterocycles. The van der Waals surface area contributed by atoms with E-state index in [9.17, 15) is 23.1 Å². The van der Waals surface area contributed by atoms with Gasteiger partial charge in [-0.2, -0.15) is 4.31 Å². The van der Waals surface area contributed by atoms with E-state index in [4.69, 9.17) is 9.26 Å². The zero-order valence-electron chi connectivity index (χ0n) is 24.6. The molecule has 0 radical (unpaired) electrons. The molecule has 226 valence electrons. The second-order valence-electron chi connectivity index (χ2n) is 11.5. The largest absolute Gasteiger partial charge is 0.488 e. The number of fused-ring (bicyclic) bond motifs is 1. The van der Waals surface area contributed by atoms with E-state index in [-0.39, 0.29) is 66.1 Å². The summed E-state index contributed by atoms with van der Waals surface area (Å²) in [5.74, 6) is 0.150. The van der Waals surface area contributed by atoms with Crippen LogP contribution in [0.2, 0.25) is 0 Å². The number of aliphatic hydroxyl groups is 1. The van der Waals surface area contributed by atoms with Gasteiger partial charge in [0.05, 0.1) is 25.6 Å². The molecule has 3 atom stereocenters. The first kappa shape index (κ1) is 31.0. The zero-order chi connectivity index (χ0) is 29.9. The maximum atomic E-state index is 13.5. The van der Waals surface area contributed by atoms with Gasteiger partial charge < -0.3 is 24.6 Å². The Morgan fingerprint density at radius 1 is 1.24 bits per heavy atom. The molecule has 1 saturated carbocycles. The highest BCUT2D eigenvalue weighted by Gasteiger charge is 2.35. The van der Waals surface area contributed by atoms with E-state index in [1.807, 2.05) is 6.92 Å². The molecule has 41 heavy (non-hydrogen) atoms. The molecule has 2 N–H and O–H groups in total. The maximum Gasteiger partial charge on any atom is 0.248 e. The minimum atomic E-state index is -3.93. The van der Waals surface area contributed by atoms with Crippen LogP contribution in [0.5, 0.6) is 5.75 Å². The summed E-state index contributed by atoms with van der Waals surface area (Å²) in [4.78, 5) is 28.0. The molecule has 0 spiro atoms. The van der Waals surface area contributed by atoms with Gasteiger partial charge in [0.15, 0.2) is 5.76 Å². The third kappa shape index (κ3) is 6.92. The SMILES string of the molecule is Cc1noc(C)c1S(=O)(=O)N(C)C[C@H]1Oc2ccc(NC(=O)C3CCCCC3)cc2CC(=O)N([C@H](C)CO)C[C@H]1C. The number of rotatable bonds is 8. The van der Waals surface area contributed by atoms with Crippen molar-refractivity contribution in [3.05, 3.63) is 35.2 Å². The Morgan fingerprint density at radius 3 is 2.59 bits per heavy atom. The van der Waals surface area contributed by atoms with Crippen LogP contribution in [0, 0.1) is 25.7 Å². The van der Waals surface area contributed by atoms with Crippen molar-refractivity contribution < 1.29 is 32.4 Å². The minimum absolute atomic E-state index is 0.00268. The Bertz CT molecular complexity index is 1330. The van der Waals surface area contributed by atoms with E-state index in [0.717, 1.165) is 32.1 Å². The van der Waals surface area contributed by atoms with Crippen molar-refractivity contribution in [3.8, 4) is 5.75 Å². The maximum absolute atomic E-state index is 13.5. The molecule has 1 fully saturated rings. The molecule has 0 unspecified atom stereocenters. The van der Waals surface area contributed by atoms with Gasteiger partial charge in [0.1, 0.15) is 22.4 Å². The molecule has 1 aliphatic carbocycles. The fourth-order valence-electron chi connectivity index (χ4n) is 5.68. The molecule has 4 rings (SSSR count). The van der Waals surface area contributed by atoms with Crippen LogP contribution in [-0.4, -0.2) is 78.6 Å². The molecule has 1 aromatic carbocycles. The lowest BCUT2D eigenvalue weighted by Gasteiger charge is -2.33. The Morgan fingerprint density at radius 2 is 1.95 bits per heavy atom. The van der Waals surface area contributed by atoms with Crippen LogP contribution in [0.15, 0.2) is 27.6 Å². The second kappa shape index (κ2) is 12.9. The Labute approximate surface area is 242 Å². The van der Waals surface area contributed by atoms with Gasteiger partial charge in [0, 0.05) is 36.7 Å². The highest BCUT2D eigenvalue weighted by atomic mass is 32.2. The average molecular weight is 591 g/mol. The molecule has 11 nitrogen and oxygen atoms in total. The number of aryl methyl sites for hydroxylation is 2. The monoisotopic (exact) mass is 590 g/mol. The fourth-order valence-corrected chi connectivity index (χ4v) is 7.15. The summed E-state index contributed by atoms with van der Waals surface area (Å²) < 4.78 is 39.7. The molecule has 1 aromatic heterocycles. The van der Waals surface area contributed by atoms with Gasteiger partial charge in [-0.05, 0) is 51.8 Å². The number of aromatic nitrogens is 1. The van der Waals surface area contributed by atoms with Gasteiger partial charge in [0.2, 0.25) is 21.8 Å². The van der Waals surface area contributed by atoms with Crippen LogP contribution in [0.4, 0.5) is 5.69 Å². The number of hydrogen-bond acceptors (Lipinski definition) is 8. The summed E-state index contributed by atoms with van der Waals surface area (Å²) >= 11 is 0. The van der Waals surface area contributed by atoms with Crippen molar-refractivity contribution in [3.63, 3.8) is 0 Å². The molecule has 2 aliphatic rings. The van der Waals surface area contributed by atoms with E-state index in [0.29, 0.717) is 17.0 Å². The number of nitrogens with one attached hydrogen (secondary N) is 1. The third-order valence-electron chi connectivity index (χ3n) is 8.23. The molecule has 0 bridgehead atoms. The number of anilines is 1. The van der Waals surface area contributed by atoms with Crippen LogP contribution < -0.4 is 10.1 Å². The topological polar surface area (TPSA) is 142 Å². The predicted molar refractivity (Wildman–Crippen MR) is 153 cm³/mol. The molecule has 2 amide bonds. The molecular formula is C29H42N4O7S. The van der Waals surface area contributed by atoms with Crippen molar-refractivity contribution >= 4 is 27.5 Å². The lowest BCUT2D eigenvalue weighted by atomic mass is 9.88. The van der Waals surface area contributed by atoms with Crippen LogP contribution in [0.3, 0.4) is 0 Å². The van der Waals surface area contributed by atoms with Crippen LogP contribution in [0.25, 0.3) is 0 Å². The highest BCUT2D eigenvalue weighted by Crippen LogP contribution is 2.31. The van der Waals surface area contributed by atoms with E-state index in [1.165, 1.54) is 11.4 Å². The van der Waals surface area contributed by atoms with Gasteiger partial charge in [-0.1, -0.05) is 31.3 Å². The number of carbonyl (C=O) groups excluding carboxylic acids is 2. The number of aliphatic hydroxyl groups excluding tert-OH is 1. The lowest BCUT2D eigenvalue weighted by molar-refractivity contribution is -0.134. The fraction of sp³-hybridized carbons (Fsp3) is 0.621. The van der Waals surface area contributed by atoms with Gasteiger partial charge in [0.25, 0.3) is 0 Å². The summed E-state index contributed by atoms with van der Waals surface area (Å²) in [6.07, 6.45) is 4.37. The number of amides is 2. The lowest BCUT2D eigenvalue weighted by Crippen LogP contribution is -2.48. The molecule has 12 heteroatoms. The number of nitrogens with zero attached hydrogens (tertiary/aromatic N) is 3. The average Bonchev–Trinajstić information content (AvgIpc) is 3.31. The summed E-state index contributed by atoms with van der Waals surface area (Å²) in [5, 5.41) is 16.7. The Kier molecular flexibility index (Phi) is 9.76. The van der Waals surface area contributed by atoms with Gasteiger partial charge >= 0.3 is 0 Å². The molecule has 2 heterocycles. The highest BCUT2D eigenvalue weighted by molar-refractivity contribution is 7.89. The van der Waals surface area contributed by atoms with Crippen molar-refractivity contribution in [1.29, 1.82) is 0 Å². The van der Waals surface area contributed by atoms with E-state index < -0.39 is 22.2 Å². The number of carbonyl (C=O) groups is 2. The van der Waals surface area contributed by atoms with Crippen LogP contribution in [-0.2, 0) is 26.0 Å². The summed E-state index contributed by atoms with van der Waals surface area (Å²) in [6, 6.07) is 4.80. The quantitative estimate of drug-likeness (QED) is 0.477. The number of sulfonamides is 1. The van der Waals surface area contributed by atoms with Crippen molar-refractivity contribution in [2.45, 2.75) is 83.3 Å². The van der Waals surface area contributed by atoms with Gasteiger partial charge in [-0.25, -0.2) is 8.42 Å². The van der Waals surface area contributed by atoms with E-state index in [2.05, 4.69) is 10.5 Å². The summed E-state index contributed by atoms with van der Waals surface area (Å²) in [7, 11) is -2.45. The predicted octanol–water partition coefficient (Wildman–Crippen LogP) is 3.28. The molecule has 2 aromatic rings. The number of likely N-dealkylation sites (N-methyl/N-ethyl adjacent to an activating group) is 1. The Hall–Kier alpha value is -2.96. The molecule has 0 saturated heterocycles. The van der Waals surface area contributed by atoms with E-state index in [1.54, 1.807) is 43.9 Å². The smallest absolute Gasteiger partial charge is 0.248 e. The summed E-state index contributed by atoms with van der Waals surface area (Å²) in [6.45, 7) is 6.86. The first-order chi connectivity index (χ1) is 19.4. The van der Waals surface area contributed by atoms with Gasteiger partial charge in [-0.15, -0.1) is 0 Å². The third-order valence-corrected chi connectivity index (χ3v) is 10.3. The van der Waals surface area contributed by atoms with Crippen molar-refractivity contribution in [1.82, 2.24) is 14.4 Å². The van der Waals surface area contributed by atoms with E-state index >= 15 is 0 Å². The zero-order valence-corrected chi connectivity index (χ0v) is 25.4. The first-order valence-electron chi connectivity index (χ1n) is 14.3. The minimum Gasteiger partial charge on any atom is -0.488 e. The van der Waals surface area contributed by atoms with Gasteiger partial charge in [-0.3, -0.25) is 9.59 Å². The Balaban J connectivity index is 1.64. The van der Waals surface area contributed by atoms with Crippen molar-refractivity contribution in [2.75, 3.05) is 32.1 Å². The van der Waals surface area contributed by atoms with Crippen LogP contribution >= 0.6 is 0 Å². The standard InChI is InChI=1S/C29H42N4O7S/c1-18-15-33(19(2)17-34)27(35)14-23-13-24(30-29(36)22-9-7-6-8-10-22)11-12-25(23)39-26(18)16-32(5)41(37,38)28-20(3)31-40-21(28)4/h11-13,18-19,22,26,34H,6-10,14-17H2,1-5H3,(H,30,36)/t18-,19-,26-/m1/s1. The number of hydrogen-bond donors (Lipinski definition) is 2.